The van der Waals surface area contributed by atoms with E-state index in [2.05, 4.69) is 17.2 Å². The molecule has 2 aromatic rings. The molecule has 0 bridgehead atoms. The average Bonchev–Trinajstić information content (AvgIpc) is 3.42. The van der Waals surface area contributed by atoms with Crippen LogP contribution in [-0.2, 0) is 54.2 Å². The quantitative estimate of drug-likeness (QED) is 0.102. The fourth-order valence-electron chi connectivity index (χ4n) is 5.56. The van der Waals surface area contributed by atoms with E-state index in [0.29, 0.717) is 24.3 Å². The van der Waals surface area contributed by atoms with Gasteiger partial charge in [0.2, 0.25) is 5.91 Å². The van der Waals surface area contributed by atoms with Crippen LogP contribution in [0, 0.1) is 11.8 Å². The third kappa shape index (κ3) is 11.3. The number of fused-ring (bicyclic) bond motifs is 2. The van der Waals surface area contributed by atoms with Crippen molar-refractivity contribution in [3.05, 3.63) is 70.8 Å². The number of carbonyl (C=O) groups excluding carboxylic acids is 6. The number of nitrogens with zero attached hydrogens (tertiary/aromatic N) is 1. The SMILES string of the molecule is CCC(C)(OCCC(C)(C)OCCNC(=O)CCC(=O)ON1C(=O)CCC1=O)C(=O)CCC(=O)OC1Cc2ccccc2C#Cc2ccccc21. The number of carbonyl (C=O) groups is 6. The molecule has 2 atom stereocenters. The number of esters is 1. The lowest BCUT2D eigenvalue weighted by Gasteiger charge is -2.31. The maximum atomic E-state index is 13.3. The highest BCUT2D eigenvalue weighted by atomic mass is 16.7. The van der Waals surface area contributed by atoms with Crippen LogP contribution >= 0.6 is 0 Å². The number of rotatable bonds is 18. The number of hydrogen-bond donors (Lipinski definition) is 1. The number of hydroxylamine groups is 2. The molecule has 51 heavy (non-hydrogen) atoms. The van der Waals surface area contributed by atoms with Crippen molar-refractivity contribution in [3.63, 3.8) is 0 Å². The van der Waals surface area contributed by atoms with Gasteiger partial charge >= 0.3 is 11.9 Å². The third-order valence-electron chi connectivity index (χ3n) is 8.95. The van der Waals surface area contributed by atoms with Crippen molar-refractivity contribution in [2.45, 2.75) is 103 Å². The molecule has 1 aliphatic heterocycles. The number of ether oxygens (including phenoxy) is 3. The average molecular weight is 703 g/mol. The van der Waals surface area contributed by atoms with E-state index >= 15 is 0 Å². The molecule has 0 aromatic heterocycles. The summed E-state index contributed by atoms with van der Waals surface area (Å²) in [6, 6.07) is 15.4. The zero-order valence-electron chi connectivity index (χ0n) is 29.7. The van der Waals surface area contributed by atoms with Gasteiger partial charge in [-0.2, -0.15) is 0 Å². The molecule has 12 nitrogen and oxygen atoms in total. The van der Waals surface area contributed by atoms with E-state index in [-0.39, 0.29) is 64.1 Å². The number of nitrogens with one attached hydrogen (secondary N) is 1. The summed E-state index contributed by atoms with van der Waals surface area (Å²) < 4.78 is 18.0. The second-order valence-electron chi connectivity index (χ2n) is 13.3. The van der Waals surface area contributed by atoms with Gasteiger partial charge in [0.15, 0.2) is 5.78 Å². The number of amides is 3. The minimum absolute atomic E-state index is 0.00623. The molecule has 1 saturated heterocycles. The van der Waals surface area contributed by atoms with Crippen molar-refractivity contribution in [3.8, 4) is 11.8 Å². The van der Waals surface area contributed by atoms with Crippen LogP contribution in [0.15, 0.2) is 48.5 Å². The summed E-state index contributed by atoms with van der Waals surface area (Å²) >= 11 is 0. The van der Waals surface area contributed by atoms with E-state index < -0.39 is 47.0 Å². The lowest BCUT2D eigenvalue weighted by Crippen LogP contribution is -2.40. The van der Waals surface area contributed by atoms with Crippen LogP contribution in [0.1, 0.15) is 107 Å². The Balaban J connectivity index is 1.16. The van der Waals surface area contributed by atoms with Gasteiger partial charge in [0.25, 0.3) is 11.8 Å². The van der Waals surface area contributed by atoms with Gasteiger partial charge in [-0.15, -0.1) is 5.06 Å². The fraction of sp³-hybridized carbons (Fsp3) is 0.487. The molecule has 0 saturated carbocycles. The summed E-state index contributed by atoms with van der Waals surface area (Å²) in [5.74, 6) is 3.34. The number of Topliss-reactive ketones (excluding diaryl/α,β-unsaturated/α-hetero) is 1. The van der Waals surface area contributed by atoms with Crippen molar-refractivity contribution < 1.29 is 47.8 Å². The first-order chi connectivity index (χ1) is 24.3. The van der Waals surface area contributed by atoms with Crippen molar-refractivity contribution in [1.29, 1.82) is 0 Å². The van der Waals surface area contributed by atoms with Crippen LogP contribution in [0.3, 0.4) is 0 Å². The predicted molar refractivity (Wildman–Crippen MR) is 184 cm³/mol. The molecular formula is C39H46N2O10. The van der Waals surface area contributed by atoms with Crippen LogP contribution in [0.5, 0.6) is 0 Å². The Kier molecular flexibility index (Phi) is 13.6. The van der Waals surface area contributed by atoms with Gasteiger partial charge < -0.3 is 24.4 Å². The molecular weight excluding hydrogens is 656 g/mol. The summed E-state index contributed by atoms with van der Waals surface area (Å²) in [6.45, 7) is 7.92. The molecule has 2 unspecified atom stereocenters. The highest BCUT2D eigenvalue weighted by Gasteiger charge is 2.34. The number of imide groups is 1. The summed E-state index contributed by atoms with van der Waals surface area (Å²) in [5, 5.41) is 3.10. The summed E-state index contributed by atoms with van der Waals surface area (Å²) in [5.41, 5.74) is 1.79. The predicted octanol–water partition coefficient (Wildman–Crippen LogP) is 4.45. The highest BCUT2D eigenvalue weighted by molar-refractivity contribution is 6.01. The van der Waals surface area contributed by atoms with Gasteiger partial charge in [-0.25, -0.2) is 4.79 Å². The second-order valence-corrected chi connectivity index (χ2v) is 13.3. The first kappa shape index (κ1) is 38.9. The first-order valence-corrected chi connectivity index (χ1v) is 17.3. The molecule has 1 heterocycles. The van der Waals surface area contributed by atoms with Crippen LogP contribution in [-0.4, -0.2) is 71.5 Å². The first-order valence-electron chi connectivity index (χ1n) is 17.3. The number of benzene rings is 2. The van der Waals surface area contributed by atoms with Crippen molar-refractivity contribution in [2.75, 3.05) is 19.8 Å². The maximum Gasteiger partial charge on any atom is 0.333 e. The van der Waals surface area contributed by atoms with Crippen LogP contribution in [0.4, 0.5) is 0 Å². The van der Waals surface area contributed by atoms with E-state index in [4.69, 9.17) is 19.0 Å². The van der Waals surface area contributed by atoms with Gasteiger partial charge in [0.05, 0.1) is 31.7 Å². The highest BCUT2D eigenvalue weighted by Crippen LogP contribution is 2.29. The summed E-state index contributed by atoms with van der Waals surface area (Å²) in [4.78, 5) is 78.2. The Labute approximate surface area is 298 Å². The largest absolute Gasteiger partial charge is 0.457 e. The molecule has 1 aliphatic carbocycles. The van der Waals surface area contributed by atoms with Gasteiger partial charge in [0.1, 0.15) is 11.7 Å². The fourth-order valence-corrected chi connectivity index (χ4v) is 5.56. The third-order valence-corrected chi connectivity index (χ3v) is 8.95. The van der Waals surface area contributed by atoms with Gasteiger partial charge in [-0.3, -0.25) is 24.0 Å². The molecule has 1 N–H and O–H groups in total. The Bertz CT molecular complexity index is 1670. The molecule has 272 valence electrons. The Morgan fingerprint density at radius 1 is 0.824 bits per heavy atom. The molecule has 1 fully saturated rings. The van der Waals surface area contributed by atoms with E-state index in [1.807, 2.05) is 69.3 Å². The molecule has 4 rings (SSSR count). The van der Waals surface area contributed by atoms with Gasteiger partial charge in [0, 0.05) is 55.3 Å². The molecule has 0 radical (unpaired) electrons. The molecule has 2 aromatic carbocycles. The van der Waals surface area contributed by atoms with Crippen molar-refractivity contribution in [1.82, 2.24) is 10.4 Å². The number of hydrogen-bond acceptors (Lipinski definition) is 10. The van der Waals surface area contributed by atoms with Crippen molar-refractivity contribution in [2.24, 2.45) is 0 Å². The van der Waals surface area contributed by atoms with Crippen LogP contribution < -0.4 is 5.32 Å². The van der Waals surface area contributed by atoms with E-state index in [9.17, 15) is 28.8 Å². The Morgan fingerprint density at radius 2 is 1.47 bits per heavy atom. The lowest BCUT2D eigenvalue weighted by molar-refractivity contribution is -0.197. The molecule has 0 spiro atoms. The maximum absolute atomic E-state index is 13.3. The van der Waals surface area contributed by atoms with Gasteiger partial charge in [-0.1, -0.05) is 55.2 Å². The molecule has 2 aliphatic rings. The van der Waals surface area contributed by atoms with E-state index in [1.54, 1.807) is 6.92 Å². The van der Waals surface area contributed by atoms with E-state index in [0.717, 1.165) is 22.3 Å². The molecule has 12 heteroatoms. The standard InChI is InChI=1S/C39H46N2O10/c1-5-39(4,49-24-22-38(2,3)48-25-23-40-33(43)17-21-37(47)51-41-34(44)18-19-35(41)45)32(42)16-20-36(46)50-31-26-29-12-7-6-10-27(29)14-15-28-11-8-9-13-30(28)31/h6-13,31H,5,16-26H2,1-4H3,(H,40,43). The summed E-state index contributed by atoms with van der Waals surface area (Å²) in [6.07, 6.45) is 0.229. The minimum atomic E-state index is -1.10. The lowest BCUT2D eigenvalue weighted by atomic mass is 9.92. The van der Waals surface area contributed by atoms with E-state index in [1.165, 1.54) is 0 Å². The smallest absolute Gasteiger partial charge is 0.333 e. The van der Waals surface area contributed by atoms with Crippen LogP contribution in [0.25, 0.3) is 0 Å². The zero-order chi connectivity index (χ0) is 37.0. The minimum Gasteiger partial charge on any atom is -0.457 e. The topological polar surface area (TPSA) is 155 Å². The Hall–Kier alpha value is -4.86. The zero-order valence-corrected chi connectivity index (χ0v) is 29.7. The van der Waals surface area contributed by atoms with Crippen LogP contribution in [0.2, 0.25) is 0 Å². The normalized spacial score (nSPS) is 16.4. The summed E-state index contributed by atoms with van der Waals surface area (Å²) in [7, 11) is 0. The second kappa shape index (κ2) is 17.9. The molecule has 3 amide bonds. The monoisotopic (exact) mass is 702 g/mol. The number of ketones is 1. The van der Waals surface area contributed by atoms with Gasteiger partial charge in [-0.05, 0) is 51.3 Å². The Morgan fingerprint density at radius 3 is 2.20 bits per heavy atom. The van der Waals surface area contributed by atoms with Crippen molar-refractivity contribution >= 4 is 35.4 Å².